The molecule has 0 fully saturated rings. The summed E-state index contributed by atoms with van der Waals surface area (Å²) in [6.07, 6.45) is 15.7. The second-order valence-electron chi connectivity index (χ2n) is 14.3. The van der Waals surface area contributed by atoms with Gasteiger partial charge in [0.05, 0.1) is 41.6 Å². The van der Waals surface area contributed by atoms with E-state index in [0.717, 1.165) is 51.8 Å². The van der Waals surface area contributed by atoms with Crippen LogP contribution in [0, 0.1) is 20.1 Å². The fraction of sp³-hybridized carbons (Fsp3) is 0.184. The van der Waals surface area contributed by atoms with E-state index in [1.54, 1.807) is 84.4 Å². The van der Waals surface area contributed by atoms with Crippen LogP contribution in [0.5, 0.6) is 0 Å². The van der Waals surface area contributed by atoms with Crippen molar-refractivity contribution < 1.29 is 65.7 Å². The van der Waals surface area contributed by atoms with Gasteiger partial charge in [-0.05, 0) is 130 Å². The minimum atomic E-state index is -4.56. The van der Waals surface area contributed by atoms with Crippen LogP contribution in [0.4, 0.5) is 13.2 Å². The third-order valence-corrected chi connectivity index (χ3v) is 10.8. The molecule has 7 aromatic heterocycles. The number of aromatic nitrogens is 6. The standard InChI is InChI=1S/C25H24F3N3OS.C24H17N3O6.Ru/c1-4-5-6-7-8-17-9-10-33-24(17)18-11-20(19-14-32-16(3)15(19)2)29-21(12-18)22-13-23(31-30-22)25(26,27)28;28-15-31-8-3-18-1-6-25-21(11-18)23-13-20(5-10-33-17-30)14-24(27-23)22-12-19(2-7-26-22)4-9-32-16-29;/h9-13H,4-8H2,1-3H3;1-17H;/q-2;;+2/b;8-3+,9-4+,10-5+;. The summed E-state index contributed by atoms with van der Waals surface area (Å²) in [5.41, 5.74) is 8.06. The maximum absolute atomic E-state index is 13.1. The predicted octanol–water partition coefficient (Wildman–Crippen LogP) is 11.3. The van der Waals surface area contributed by atoms with Gasteiger partial charge in [0.25, 0.3) is 19.4 Å². The zero-order chi connectivity index (χ0) is 46.9. The normalized spacial score (nSPS) is 11.3. The minimum Gasteiger partial charge on any atom is -0.573 e. The van der Waals surface area contributed by atoms with Gasteiger partial charge in [-0.3, -0.25) is 29.3 Å². The third kappa shape index (κ3) is 14.2. The molecule has 7 rings (SSSR count). The van der Waals surface area contributed by atoms with E-state index in [0.29, 0.717) is 64.7 Å². The van der Waals surface area contributed by atoms with E-state index >= 15 is 0 Å². The number of carbonyl (C=O) groups excluding carboxylic acids is 3. The van der Waals surface area contributed by atoms with Crippen molar-refractivity contribution in [2.75, 3.05) is 0 Å². The van der Waals surface area contributed by atoms with Crippen molar-refractivity contribution in [3.8, 4) is 55.9 Å². The number of ether oxygens (including phenoxy) is 3. The Morgan fingerprint density at radius 1 is 0.716 bits per heavy atom. The van der Waals surface area contributed by atoms with Crippen LogP contribution in [0.3, 0.4) is 0 Å². The van der Waals surface area contributed by atoms with Gasteiger partial charge in [-0.1, -0.05) is 57.4 Å². The molecule has 0 amide bonds. The van der Waals surface area contributed by atoms with Crippen LogP contribution in [0.2, 0.25) is 0 Å². The van der Waals surface area contributed by atoms with Crippen molar-refractivity contribution in [1.82, 2.24) is 30.1 Å². The number of furan rings is 1. The van der Waals surface area contributed by atoms with E-state index in [1.165, 1.54) is 43.6 Å². The number of hydrogen-bond acceptors (Lipinski definition) is 13. The molecule has 0 atom stereocenters. The first-order valence-corrected chi connectivity index (χ1v) is 21.3. The summed E-state index contributed by atoms with van der Waals surface area (Å²) < 4.78 is 58.6. The molecule has 344 valence electrons. The average Bonchev–Trinajstić information content (AvgIpc) is 4.10. The number of carbonyl (C=O) groups is 3. The zero-order valence-corrected chi connectivity index (χ0v) is 38.7. The smallest absolute Gasteiger partial charge is 0.573 e. The van der Waals surface area contributed by atoms with E-state index < -0.39 is 11.9 Å². The Kier molecular flexibility index (Phi) is 18.9. The molecule has 0 aliphatic rings. The van der Waals surface area contributed by atoms with Gasteiger partial charge in [0.1, 0.15) is 5.69 Å². The monoisotopic (exact) mass is 1020 g/mol. The van der Waals surface area contributed by atoms with Gasteiger partial charge >= 0.3 is 25.7 Å². The molecular weight excluding hydrogens is 975 g/mol. The van der Waals surface area contributed by atoms with Gasteiger partial charge in [0.2, 0.25) is 0 Å². The van der Waals surface area contributed by atoms with E-state index in [-0.39, 0.29) is 25.2 Å². The average molecular weight is 1020 g/mol. The molecule has 0 aromatic carbocycles. The number of halogens is 3. The Balaban J connectivity index is 0.000000247. The second kappa shape index (κ2) is 24.9. The number of rotatable bonds is 19. The number of pyridine rings is 4. The van der Waals surface area contributed by atoms with Gasteiger partial charge < -0.3 is 28.8 Å². The summed E-state index contributed by atoms with van der Waals surface area (Å²) in [5.74, 6) is 0.721. The molecule has 0 aliphatic carbocycles. The Labute approximate surface area is 400 Å². The van der Waals surface area contributed by atoms with Crippen molar-refractivity contribution in [2.24, 2.45) is 0 Å². The third-order valence-electron chi connectivity index (χ3n) is 9.82. The molecular formula is C49H41F3N6O7RuS. The quantitative estimate of drug-likeness (QED) is 0.0187. The van der Waals surface area contributed by atoms with Crippen LogP contribution in [0.1, 0.15) is 71.9 Å². The number of thiophene rings is 1. The van der Waals surface area contributed by atoms with Crippen molar-refractivity contribution in [1.29, 1.82) is 0 Å². The molecule has 0 bridgehead atoms. The van der Waals surface area contributed by atoms with Gasteiger partial charge in [-0.25, -0.2) is 4.98 Å². The van der Waals surface area contributed by atoms with Gasteiger partial charge in [-0.2, -0.15) is 13.2 Å². The van der Waals surface area contributed by atoms with Crippen molar-refractivity contribution in [3.05, 3.63) is 143 Å². The summed E-state index contributed by atoms with van der Waals surface area (Å²) in [7, 11) is 0. The van der Waals surface area contributed by atoms with Crippen LogP contribution in [-0.4, -0.2) is 44.5 Å². The molecule has 0 unspecified atom stereocenters. The van der Waals surface area contributed by atoms with Crippen molar-refractivity contribution in [2.45, 2.75) is 59.1 Å². The SMILES string of the molecule is CCCCCCc1ccsc1-c1cc(-c2cc(C(F)(F)F)n[n-]2)nc(-c2[c-]oc(C)c2C)c1.O=CO/C=C/c1ccnc(-c2cc(/C=C/OC=O)cc(-c3cc(/C=C/OC=O)ccn3)n2)c1.[Ru+2]. The number of aryl methyl sites for hydroxylation is 2. The number of hydrogen-bond donors (Lipinski definition) is 0. The fourth-order valence-electron chi connectivity index (χ4n) is 6.45. The topological polar surface area (TPSA) is 171 Å². The summed E-state index contributed by atoms with van der Waals surface area (Å²) >= 11 is 1.62. The van der Waals surface area contributed by atoms with Crippen LogP contribution in [0.25, 0.3) is 74.1 Å². The van der Waals surface area contributed by atoms with Crippen LogP contribution in [0.15, 0.2) is 102 Å². The van der Waals surface area contributed by atoms with E-state index in [9.17, 15) is 27.6 Å². The fourth-order valence-corrected chi connectivity index (χ4v) is 7.39. The van der Waals surface area contributed by atoms with E-state index in [1.807, 2.05) is 25.3 Å². The first-order chi connectivity index (χ1) is 32.0. The minimum absolute atomic E-state index is 0. The summed E-state index contributed by atoms with van der Waals surface area (Å²) in [5, 5.41) is 9.13. The molecule has 0 saturated carbocycles. The van der Waals surface area contributed by atoms with E-state index in [2.05, 4.69) is 63.6 Å². The Hall–Kier alpha value is -7.17. The Morgan fingerprint density at radius 2 is 1.28 bits per heavy atom. The summed E-state index contributed by atoms with van der Waals surface area (Å²) in [4.78, 5) is 50.3. The number of alkyl halides is 3. The van der Waals surface area contributed by atoms with E-state index in [4.69, 9.17) is 4.42 Å². The molecule has 13 nitrogen and oxygen atoms in total. The van der Waals surface area contributed by atoms with Crippen LogP contribution >= 0.6 is 11.3 Å². The van der Waals surface area contributed by atoms with Crippen LogP contribution < -0.4 is 5.10 Å². The first-order valence-electron chi connectivity index (χ1n) is 20.4. The molecule has 0 radical (unpaired) electrons. The molecule has 18 heteroatoms. The zero-order valence-electron chi connectivity index (χ0n) is 36.2. The molecule has 0 spiro atoms. The maximum atomic E-state index is 13.1. The van der Waals surface area contributed by atoms with Gasteiger partial charge in [-0.15, -0.1) is 16.9 Å². The predicted molar refractivity (Wildman–Crippen MR) is 242 cm³/mol. The molecule has 0 saturated heterocycles. The molecule has 7 heterocycles. The van der Waals surface area contributed by atoms with Crippen molar-refractivity contribution in [3.63, 3.8) is 0 Å². The van der Waals surface area contributed by atoms with Crippen LogP contribution in [-0.2, 0) is 60.7 Å². The largest absolute Gasteiger partial charge is 2.00 e. The molecule has 7 aromatic rings. The maximum Gasteiger partial charge on any atom is 2.00 e. The Morgan fingerprint density at radius 3 is 1.82 bits per heavy atom. The number of unbranched alkanes of at least 4 members (excludes halogenated alkanes) is 3. The number of nitrogens with zero attached hydrogens (tertiary/aromatic N) is 6. The van der Waals surface area contributed by atoms with Gasteiger partial charge in [0, 0.05) is 29.2 Å². The molecule has 67 heavy (non-hydrogen) atoms. The summed E-state index contributed by atoms with van der Waals surface area (Å²) in [6, 6.07) is 17.4. The van der Waals surface area contributed by atoms with Crippen molar-refractivity contribution >= 4 is 49.0 Å². The Bertz CT molecular complexity index is 2770. The molecule has 0 aliphatic heterocycles. The second-order valence-corrected chi connectivity index (χ2v) is 15.2. The van der Waals surface area contributed by atoms with Gasteiger partial charge in [0.15, 0.2) is 0 Å². The first kappa shape index (κ1) is 50.8. The summed E-state index contributed by atoms with van der Waals surface area (Å²) in [6.45, 7) is 6.90. The molecule has 0 N–H and O–H groups in total.